The molecule has 0 aliphatic rings. The molecule has 2 heteroatoms. The van der Waals surface area contributed by atoms with E-state index in [1.54, 1.807) is 0 Å². The van der Waals surface area contributed by atoms with Crippen molar-refractivity contribution in [3.05, 3.63) is 35.4 Å². The fraction of sp³-hybridized carbons (Fsp3) is 0.667. The van der Waals surface area contributed by atoms with E-state index in [4.69, 9.17) is 0 Å². The highest BCUT2D eigenvalue weighted by Gasteiger charge is 2.13. The number of hydrogen-bond donors (Lipinski definition) is 1. The number of likely N-dealkylation sites (N-methyl/N-ethyl adjacent to an activating group) is 1. The molecule has 0 atom stereocenters. The van der Waals surface area contributed by atoms with E-state index in [1.807, 2.05) is 0 Å². The predicted molar refractivity (Wildman–Crippen MR) is 89.2 cm³/mol. The van der Waals surface area contributed by atoms with Crippen LogP contribution in [0, 0.1) is 0 Å². The first-order valence-corrected chi connectivity index (χ1v) is 7.61. The van der Waals surface area contributed by atoms with Gasteiger partial charge in [0.2, 0.25) is 0 Å². The number of nitrogens with zero attached hydrogens (tertiary/aromatic N) is 1. The Morgan fingerprint density at radius 2 is 1.50 bits per heavy atom. The third kappa shape index (κ3) is 6.53. The molecule has 20 heavy (non-hydrogen) atoms. The van der Waals surface area contributed by atoms with Gasteiger partial charge in [0.1, 0.15) is 0 Å². The van der Waals surface area contributed by atoms with Gasteiger partial charge >= 0.3 is 0 Å². The normalized spacial score (nSPS) is 13.0. The van der Waals surface area contributed by atoms with Crippen LogP contribution in [-0.4, -0.2) is 30.6 Å². The third-order valence-corrected chi connectivity index (χ3v) is 3.42. The highest BCUT2D eigenvalue weighted by molar-refractivity contribution is 5.27. The van der Waals surface area contributed by atoms with Gasteiger partial charge in [-0.3, -0.25) is 0 Å². The minimum Gasteiger partial charge on any atom is -0.311 e. The van der Waals surface area contributed by atoms with Crippen LogP contribution in [0.1, 0.15) is 52.7 Å². The molecule has 0 bridgehead atoms. The lowest BCUT2D eigenvalue weighted by Gasteiger charge is -2.24. The van der Waals surface area contributed by atoms with Crippen molar-refractivity contribution < 1.29 is 0 Å². The highest BCUT2D eigenvalue weighted by Crippen LogP contribution is 2.22. The predicted octanol–water partition coefficient (Wildman–Crippen LogP) is 3.80. The van der Waals surface area contributed by atoms with Crippen molar-refractivity contribution in [3.63, 3.8) is 0 Å². The summed E-state index contributed by atoms with van der Waals surface area (Å²) >= 11 is 0. The summed E-state index contributed by atoms with van der Waals surface area (Å²) in [7, 11) is 2.18. The largest absolute Gasteiger partial charge is 0.311 e. The minimum absolute atomic E-state index is 0.204. The van der Waals surface area contributed by atoms with Gasteiger partial charge in [0.25, 0.3) is 0 Å². The van der Waals surface area contributed by atoms with E-state index in [0.717, 1.165) is 19.6 Å². The van der Waals surface area contributed by atoms with Gasteiger partial charge in [0.15, 0.2) is 0 Å². The second-order valence-electron chi connectivity index (χ2n) is 7.86. The Kier molecular flexibility index (Phi) is 5.79. The second-order valence-corrected chi connectivity index (χ2v) is 7.86. The molecule has 0 heterocycles. The monoisotopic (exact) mass is 276 g/mol. The van der Waals surface area contributed by atoms with Gasteiger partial charge in [-0.15, -0.1) is 0 Å². The lowest BCUT2D eigenvalue weighted by molar-refractivity contribution is 0.303. The summed E-state index contributed by atoms with van der Waals surface area (Å²) < 4.78 is 0. The molecule has 0 saturated carbocycles. The Morgan fingerprint density at radius 3 is 1.95 bits per heavy atom. The molecule has 0 amide bonds. The van der Waals surface area contributed by atoms with Crippen molar-refractivity contribution in [1.82, 2.24) is 10.2 Å². The van der Waals surface area contributed by atoms with Crippen LogP contribution in [-0.2, 0) is 12.0 Å². The average Bonchev–Trinajstić information content (AvgIpc) is 2.26. The van der Waals surface area contributed by atoms with Crippen LogP contribution in [0.2, 0.25) is 0 Å². The molecule has 0 spiro atoms. The van der Waals surface area contributed by atoms with Gasteiger partial charge in [-0.2, -0.15) is 0 Å². The molecule has 0 radical (unpaired) electrons. The van der Waals surface area contributed by atoms with Gasteiger partial charge in [0, 0.05) is 25.2 Å². The van der Waals surface area contributed by atoms with E-state index in [-0.39, 0.29) is 11.0 Å². The van der Waals surface area contributed by atoms with Gasteiger partial charge in [-0.25, -0.2) is 0 Å². The Bertz CT molecular complexity index is 393. The zero-order valence-electron chi connectivity index (χ0n) is 14.4. The van der Waals surface area contributed by atoms with E-state index >= 15 is 0 Å². The maximum Gasteiger partial charge on any atom is 0.0231 e. The lowest BCUT2D eigenvalue weighted by atomic mass is 9.87. The Labute approximate surface area is 125 Å². The summed E-state index contributed by atoms with van der Waals surface area (Å²) in [6.07, 6.45) is 0. The molecular formula is C18H32N2. The van der Waals surface area contributed by atoms with Crippen LogP contribution >= 0.6 is 0 Å². The van der Waals surface area contributed by atoms with Crippen molar-refractivity contribution in [2.75, 3.05) is 20.1 Å². The summed E-state index contributed by atoms with van der Waals surface area (Å²) in [5, 5.41) is 3.53. The van der Waals surface area contributed by atoms with Gasteiger partial charge in [0.05, 0.1) is 0 Å². The zero-order chi connectivity index (χ0) is 15.4. The molecule has 1 aromatic carbocycles. The van der Waals surface area contributed by atoms with Crippen LogP contribution in [0.15, 0.2) is 24.3 Å². The molecule has 0 unspecified atom stereocenters. The SMILES string of the molecule is CN(CCNC(C)(C)C)Cc1ccc(C(C)(C)C)cc1. The molecule has 0 saturated heterocycles. The number of rotatable bonds is 5. The van der Waals surface area contributed by atoms with E-state index in [0.29, 0.717) is 0 Å². The first kappa shape index (κ1) is 17.2. The van der Waals surface area contributed by atoms with Crippen molar-refractivity contribution in [2.45, 2.75) is 59.0 Å². The maximum atomic E-state index is 3.53. The Morgan fingerprint density at radius 1 is 0.950 bits per heavy atom. The van der Waals surface area contributed by atoms with Crippen LogP contribution in [0.5, 0.6) is 0 Å². The topological polar surface area (TPSA) is 15.3 Å². The summed E-state index contributed by atoms with van der Waals surface area (Å²) in [6.45, 7) is 16.5. The van der Waals surface area contributed by atoms with Gasteiger partial charge in [-0.05, 0) is 44.4 Å². The summed E-state index contributed by atoms with van der Waals surface area (Å²) in [5.41, 5.74) is 3.23. The van der Waals surface area contributed by atoms with Crippen LogP contribution in [0.4, 0.5) is 0 Å². The molecule has 1 rings (SSSR count). The maximum absolute atomic E-state index is 3.53. The smallest absolute Gasteiger partial charge is 0.0231 e. The molecule has 0 aliphatic carbocycles. The fourth-order valence-electron chi connectivity index (χ4n) is 2.12. The minimum atomic E-state index is 0.204. The molecule has 2 nitrogen and oxygen atoms in total. The van der Waals surface area contributed by atoms with E-state index in [2.05, 4.69) is 83.1 Å². The number of nitrogens with one attached hydrogen (secondary N) is 1. The first-order chi connectivity index (χ1) is 9.08. The van der Waals surface area contributed by atoms with E-state index < -0.39 is 0 Å². The summed E-state index contributed by atoms with van der Waals surface area (Å²) in [4.78, 5) is 2.37. The molecule has 0 aliphatic heterocycles. The second kappa shape index (κ2) is 6.73. The number of hydrogen-bond acceptors (Lipinski definition) is 2. The summed E-state index contributed by atoms with van der Waals surface area (Å²) in [6, 6.07) is 9.04. The average molecular weight is 276 g/mol. The molecular weight excluding hydrogens is 244 g/mol. The van der Waals surface area contributed by atoms with E-state index in [1.165, 1.54) is 11.1 Å². The quantitative estimate of drug-likeness (QED) is 0.880. The van der Waals surface area contributed by atoms with Crippen LogP contribution < -0.4 is 5.32 Å². The van der Waals surface area contributed by atoms with Crippen LogP contribution in [0.25, 0.3) is 0 Å². The Balaban J connectivity index is 2.44. The van der Waals surface area contributed by atoms with Gasteiger partial charge < -0.3 is 10.2 Å². The van der Waals surface area contributed by atoms with Crippen molar-refractivity contribution >= 4 is 0 Å². The standard InChI is InChI=1S/C18H32N2/c1-17(2,3)16-10-8-15(9-11-16)14-20(7)13-12-19-18(4,5)6/h8-11,19H,12-14H2,1-7H3. The first-order valence-electron chi connectivity index (χ1n) is 7.61. The third-order valence-electron chi connectivity index (χ3n) is 3.42. The van der Waals surface area contributed by atoms with Crippen molar-refractivity contribution in [3.8, 4) is 0 Å². The molecule has 1 N–H and O–H groups in total. The van der Waals surface area contributed by atoms with Crippen LogP contribution in [0.3, 0.4) is 0 Å². The fourth-order valence-corrected chi connectivity index (χ4v) is 2.12. The van der Waals surface area contributed by atoms with Gasteiger partial charge in [-0.1, -0.05) is 45.0 Å². The lowest BCUT2D eigenvalue weighted by Crippen LogP contribution is -2.40. The van der Waals surface area contributed by atoms with E-state index in [9.17, 15) is 0 Å². The summed E-state index contributed by atoms with van der Waals surface area (Å²) in [5.74, 6) is 0. The zero-order valence-corrected chi connectivity index (χ0v) is 14.4. The van der Waals surface area contributed by atoms with Crippen molar-refractivity contribution in [2.24, 2.45) is 0 Å². The number of benzene rings is 1. The Hall–Kier alpha value is -0.860. The molecule has 114 valence electrons. The molecule has 0 aromatic heterocycles. The highest BCUT2D eigenvalue weighted by atomic mass is 15.1. The van der Waals surface area contributed by atoms with Crippen molar-refractivity contribution in [1.29, 1.82) is 0 Å². The molecule has 1 aromatic rings. The molecule has 0 fully saturated rings.